The van der Waals surface area contributed by atoms with Gasteiger partial charge in [0.15, 0.2) is 0 Å². The molecule has 3 N–H and O–H groups in total. The molecule has 0 unspecified atom stereocenters. The third-order valence-electron chi connectivity index (χ3n) is 4.62. The minimum atomic E-state index is -1.14. The number of hydrogen-bond donors (Lipinski definition) is 2. The second kappa shape index (κ2) is 8.71. The van der Waals surface area contributed by atoms with Crippen LogP contribution in [-0.2, 0) is 6.54 Å². The molecule has 3 amide bonds. The SMILES string of the molecule is NNC(=O)c1ccc(CN(C(=O)N2CC[C@H](F)C2)c2ccc(F)c(Cl)c2)c(F)c1. The number of anilines is 1. The van der Waals surface area contributed by atoms with Crippen molar-refractivity contribution in [2.24, 2.45) is 5.84 Å². The molecule has 0 bridgehead atoms. The van der Waals surface area contributed by atoms with E-state index in [-0.39, 0.29) is 47.9 Å². The van der Waals surface area contributed by atoms with Crippen LogP contribution >= 0.6 is 11.6 Å². The first-order valence-electron chi connectivity index (χ1n) is 8.75. The Morgan fingerprint density at radius 1 is 1.21 bits per heavy atom. The van der Waals surface area contributed by atoms with Crippen LogP contribution in [0, 0.1) is 11.6 Å². The van der Waals surface area contributed by atoms with Crippen LogP contribution in [0.5, 0.6) is 0 Å². The third-order valence-corrected chi connectivity index (χ3v) is 4.91. The van der Waals surface area contributed by atoms with Crippen molar-refractivity contribution in [3.63, 3.8) is 0 Å². The molecule has 1 aliphatic rings. The van der Waals surface area contributed by atoms with Gasteiger partial charge in [0.1, 0.15) is 17.8 Å². The highest BCUT2D eigenvalue weighted by molar-refractivity contribution is 6.31. The molecule has 6 nitrogen and oxygen atoms in total. The van der Waals surface area contributed by atoms with Gasteiger partial charge in [-0.2, -0.15) is 0 Å². The van der Waals surface area contributed by atoms with Crippen molar-refractivity contribution in [3.8, 4) is 0 Å². The van der Waals surface area contributed by atoms with E-state index in [0.29, 0.717) is 0 Å². The van der Waals surface area contributed by atoms with Crippen LogP contribution in [-0.4, -0.2) is 36.1 Å². The van der Waals surface area contributed by atoms with E-state index in [4.69, 9.17) is 17.4 Å². The van der Waals surface area contributed by atoms with Crippen molar-refractivity contribution in [3.05, 3.63) is 64.2 Å². The molecule has 0 radical (unpaired) electrons. The summed E-state index contributed by atoms with van der Waals surface area (Å²) in [4.78, 5) is 27.0. The summed E-state index contributed by atoms with van der Waals surface area (Å²) in [6.45, 7) is -0.101. The maximum Gasteiger partial charge on any atom is 0.324 e. The van der Waals surface area contributed by atoms with Crippen molar-refractivity contribution in [2.75, 3.05) is 18.0 Å². The number of benzene rings is 2. The highest BCUT2D eigenvalue weighted by Gasteiger charge is 2.30. The number of nitrogens with two attached hydrogens (primary N) is 1. The Kier molecular flexibility index (Phi) is 6.29. The van der Waals surface area contributed by atoms with Crippen LogP contribution in [0.3, 0.4) is 0 Å². The molecular weight excluding hydrogens is 409 g/mol. The summed E-state index contributed by atoms with van der Waals surface area (Å²) >= 11 is 5.83. The summed E-state index contributed by atoms with van der Waals surface area (Å²) in [6, 6.07) is 6.79. The quantitative estimate of drug-likeness (QED) is 0.447. The zero-order valence-corrected chi connectivity index (χ0v) is 15.9. The lowest BCUT2D eigenvalue weighted by molar-refractivity contribution is 0.0953. The first-order valence-corrected chi connectivity index (χ1v) is 9.13. The lowest BCUT2D eigenvalue weighted by Gasteiger charge is -2.28. The van der Waals surface area contributed by atoms with E-state index >= 15 is 0 Å². The average Bonchev–Trinajstić information content (AvgIpc) is 3.14. The number of nitrogens with one attached hydrogen (secondary N) is 1. The van der Waals surface area contributed by atoms with Gasteiger partial charge < -0.3 is 4.90 Å². The number of carbonyl (C=O) groups excluding carboxylic acids is 2. The van der Waals surface area contributed by atoms with E-state index in [1.165, 1.54) is 34.1 Å². The van der Waals surface area contributed by atoms with Gasteiger partial charge in [0.25, 0.3) is 5.91 Å². The number of rotatable bonds is 4. The van der Waals surface area contributed by atoms with Crippen molar-refractivity contribution < 1.29 is 22.8 Å². The van der Waals surface area contributed by atoms with Crippen molar-refractivity contribution in [1.82, 2.24) is 10.3 Å². The molecule has 1 heterocycles. The summed E-state index contributed by atoms with van der Waals surface area (Å²) < 4.78 is 41.7. The molecule has 0 aromatic heterocycles. The van der Waals surface area contributed by atoms with E-state index in [1.807, 2.05) is 5.43 Å². The van der Waals surface area contributed by atoms with Gasteiger partial charge in [0.05, 0.1) is 18.1 Å². The molecule has 1 aliphatic heterocycles. The second-order valence-electron chi connectivity index (χ2n) is 6.58. The maximum absolute atomic E-state index is 14.6. The van der Waals surface area contributed by atoms with Crippen LogP contribution in [0.4, 0.5) is 23.7 Å². The summed E-state index contributed by atoms with van der Waals surface area (Å²) in [5, 5.41) is -0.208. The molecule has 0 aliphatic carbocycles. The molecule has 1 atom stereocenters. The first kappa shape index (κ1) is 20.9. The number of alkyl halides is 1. The normalized spacial score (nSPS) is 16.0. The number of hydrogen-bond acceptors (Lipinski definition) is 3. The number of nitrogens with zero attached hydrogens (tertiary/aromatic N) is 2. The first-order chi connectivity index (χ1) is 13.8. The fourth-order valence-electron chi connectivity index (χ4n) is 3.05. The van der Waals surface area contributed by atoms with E-state index in [2.05, 4.69) is 0 Å². The zero-order chi connectivity index (χ0) is 21.1. The van der Waals surface area contributed by atoms with Gasteiger partial charge in [0, 0.05) is 23.4 Å². The Hall–Kier alpha value is -2.78. The van der Waals surface area contributed by atoms with Crippen molar-refractivity contribution >= 4 is 29.2 Å². The smallest absolute Gasteiger partial charge is 0.321 e. The summed E-state index contributed by atoms with van der Waals surface area (Å²) in [6.07, 6.45) is -0.926. The maximum atomic E-state index is 14.6. The predicted molar refractivity (Wildman–Crippen MR) is 102 cm³/mol. The predicted octanol–water partition coefficient (Wildman–Crippen LogP) is 3.39. The van der Waals surface area contributed by atoms with Gasteiger partial charge >= 0.3 is 6.03 Å². The largest absolute Gasteiger partial charge is 0.324 e. The molecule has 2 aromatic rings. The Morgan fingerprint density at radius 3 is 2.55 bits per heavy atom. The molecule has 1 saturated heterocycles. The summed E-state index contributed by atoms with van der Waals surface area (Å²) in [5.74, 6) is 2.97. The fraction of sp³-hybridized carbons (Fsp3) is 0.263. The van der Waals surface area contributed by atoms with Crippen LogP contribution in [0.25, 0.3) is 0 Å². The summed E-state index contributed by atoms with van der Waals surface area (Å²) in [7, 11) is 0. The Bertz CT molecular complexity index is 944. The number of nitrogen functional groups attached to an aromatic ring is 1. The zero-order valence-electron chi connectivity index (χ0n) is 15.2. The van der Waals surface area contributed by atoms with Crippen LogP contribution in [0.1, 0.15) is 22.3 Å². The Morgan fingerprint density at radius 2 is 1.97 bits per heavy atom. The van der Waals surface area contributed by atoms with Crippen molar-refractivity contribution in [2.45, 2.75) is 19.1 Å². The minimum Gasteiger partial charge on any atom is -0.321 e. The molecule has 0 spiro atoms. The number of amides is 3. The molecule has 0 saturated carbocycles. The summed E-state index contributed by atoms with van der Waals surface area (Å²) in [5.41, 5.74) is 2.24. The highest BCUT2D eigenvalue weighted by atomic mass is 35.5. The fourth-order valence-corrected chi connectivity index (χ4v) is 3.23. The van der Waals surface area contributed by atoms with Gasteiger partial charge in [-0.25, -0.2) is 23.8 Å². The number of halogens is 4. The molecule has 1 fully saturated rings. The lowest BCUT2D eigenvalue weighted by atomic mass is 10.1. The molecule has 3 rings (SSSR count). The molecule has 10 heteroatoms. The Balaban J connectivity index is 1.93. The van der Waals surface area contributed by atoms with E-state index in [9.17, 15) is 22.8 Å². The molecular formula is C19H18ClF3N4O2. The Labute approximate surface area is 170 Å². The lowest BCUT2D eigenvalue weighted by Crippen LogP contribution is -2.42. The van der Waals surface area contributed by atoms with Gasteiger partial charge in [-0.15, -0.1) is 0 Å². The average molecular weight is 427 g/mol. The number of likely N-dealkylation sites (tertiary alicyclic amines) is 1. The number of urea groups is 1. The molecule has 2 aromatic carbocycles. The monoisotopic (exact) mass is 426 g/mol. The molecule has 29 heavy (non-hydrogen) atoms. The second-order valence-corrected chi connectivity index (χ2v) is 6.99. The number of carbonyl (C=O) groups is 2. The van der Waals surface area contributed by atoms with E-state index < -0.39 is 29.7 Å². The van der Waals surface area contributed by atoms with Gasteiger partial charge in [-0.05, 0) is 36.8 Å². The van der Waals surface area contributed by atoms with E-state index in [1.54, 1.807) is 0 Å². The van der Waals surface area contributed by atoms with E-state index in [0.717, 1.165) is 12.1 Å². The highest BCUT2D eigenvalue weighted by Crippen LogP contribution is 2.27. The molecule has 154 valence electrons. The topological polar surface area (TPSA) is 78.7 Å². The van der Waals surface area contributed by atoms with Crippen LogP contribution in [0.2, 0.25) is 5.02 Å². The van der Waals surface area contributed by atoms with Crippen molar-refractivity contribution in [1.29, 1.82) is 0 Å². The van der Waals surface area contributed by atoms with Gasteiger partial charge in [-0.1, -0.05) is 17.7 Å². The minimum absolute atomic E-state index is 0.0104. The van der Waals surface area contributed by atoms with Gasteiger partial charge in [-0.3, -0.25) is 15.1 Å². The standard InChI is InChI=1S/C19H18ClF3N4O2/c20-15-8-14(3-4-16(15)22)27(19(29)26-6-5-13(21)10-26)9-12-2-1-11(7-17(12)23)18(28)25-24/h1-4,7-8,13H,5-6,9-10,24H2,(H,25,28)/t13-/m0/s1. The van der Waals surface area contributed by atoms with Gasteiger partial charge in [0.2, 0.25) is 0 Å². The third kappa shape index (κ3) is 4.63. The van der Waals surface area contributed by atoms with Crippen LogP contribution < -0.4 is 16.2 Å². The number of hydrazine groups is 1. The van der Waals surface area contributed by atoms with Crippen LogP contribution in [0.15, 0.2) is 36.4 Å².